The van der Waals surface area contributed by atoms with Gasteiger partial charge >= 0.3 is 5.97 Å². The predicted molar refractivity (Wildman–Crippen MR) is 105 cm³/mol. The molecule has 0 aromatic rings. The molecule has 1 heterocycles. The first-order chi connectivity index (χ1) is 12.6. The Morgan fingerprint density at radius 1 is 1.44 bits per heavy atom. The van der Waals surface area contributed by atoms with Gasteiger partial charge in [-0.25, -0.2) is 0 Å². The first kappa shape index (κ1) is 21.6. The molecule has 0 amide bonds. The van der Waals surface area contributed by atoms with Crippen LogP contribution in [0.25, 0.3) is 0 Å². The van der Waals surface area contributed by atoms with Crippen molar-refractivity contribution in [3.05, 3.63) is 47.6 Å². The monoisotopic (exact) mass is 376 g/mol. The summed E-state index contributed by atoms with van der Waals surface area (Å²) in [6, 6.07) is 0. The minimum atomic E-state index is -0.922. The van der Waals surface area contributed by atoms with E-state index in [4.69, 9.17) is 9.47 Å². The molecule has 2 rings (SSSR count). The van der Waals surface area contributed by atoms with E-state index in [0.29, 0.717) is 13.0 Å². The molecule has 1 aliphatic carbocycles. The maximum Gasteiger partial charge on any atom is 0.303 e. The fourth-order valence-corrected chi connectivity index (χ4v) is 3.78. The number of aliphatic hydroxyl groups is 2. The van der Waals surface area contributed by atoms with E-state index in [1.807, 2.05) is 25.2 Å². The van der Waals surface area contributed by atoms with Crippen LogP contribution in [0.5, 0.6) is 0 Å². The van der Waals surface area contributed by atoms with Crippen LogP contribution in [-0.4, -0.2) is 40.8 Å². The number of allylic oxidation sites excluding steroid dienone is 3. The molecule has 5 nitrogen and oxygen atoms in total. The van der Waals surface area contributed by atoms with Crippen LogP contribution >= 0.6 is 0 Å². The first-order valence-corrected chi connectivity index (χ1v) is 9.49. The van der Waals surface area contributed by atoms with Crippen molar-refractivity contribution in [3.8, 4) is 0 Å². The van der Waals surface area contributed by atoms with Crippen LogP contribution in [0.3, 0.4) is 0 Å². The number of ether oxygens (including phenoxy) is 2. The van der Waals surface area contributed by atoms with Gasteiger partial charge in [0, 0.05) is 19.3 Å². The van der Waals surface area contributed by atoms with Crippen molar-refractivity contribution in [2.24, 2.45) is 11.8 Å². The molecule has 0 bridgehead atoms. The Bertz CT molecular complexity index is 650. The second-order valence-corrected chi connectivity index (χ2v) is 8.15. The van der Waals surface area contributed by atoms with Crippen LogP contribution in [0.1, 0.15) is 47.0 Å². The lowest BCUT2D eigenvalue weighted by Gasteiger charge is -2.39. The third kappa shape index (κ3) is 6.45. The van der Waals surface area contributed by atoms with Gasteiger partial charge in [-0.1, -0.05) is 36.0 Å². The van der Waals surface area contributed by atoms with Crippen LogP contribution in [0.15, 0.2) is 47.6 Å². The quantitative estimate of drug-likeness (QED) is 0.583. The topological polar surface area (TPSA) is 76.0 Å². The summed E-state index contributed by atoms with van der Waals surface area (Å²) in [4.78, 5) is 11.4. The number of fused-ring (bicyclic) bond motifs is 1. The summed E-state index contributed by atoms with van der Waals surface area (Å²) in [5.41, 5.74) is 2.17. The lowest BCUT2D eigenvalue weighted by atomic mass is 9.75. The van der Waals surface area contributed by atoms with Gasteiger partial charge in [0.25, 0.3) is 0 Å². The lowest BCUT2D eigenvalue weighted by molar-refractivity contribution is -0.150. The van der Waals surface area contributed by atoms with Crippen molar-refractivity contribution in [1.29, 1.82) is 0 Å². The molecule has 0 aromatic heterocycles. The number of esters is 1. The highest BCUT2D eigenvalue weighted by atomic mass is 16.6. The first-order valence-electron chi connectivity index (χ1n) is 9.49. The van der Waals surface area contributed by atoms with E-state index >= 15 is 0 Å². The molecule has 0 spiro atoms. The normalized spacial score (nSPS) is 33.6. The summed E-state index contributed by atoms with van der Waals surface area (Å²) in [5, 5.41) is 20.4. The predicted octanol–water partition coefficient (Wildman–Crippen LogP) is 3.44. The highest BCUT2D eigenvalue weighted by molar-refractivity contribution is 5.66. The molecule has 0 unspecified atom stereocenters. The average Bonchev–Trinajstić information content (AvgIpc) is 2.57. The Kier molecular flexibility index (Phi) is 7.20. The smallest absolute Gasteiger partial charge is 0.303 e. The zero-order valence-corrected chi connectivity index (χ0v) is 16.8. The fourth-order valence-electron chi connectivity index (χ4n) is 3.78. The molecule has 0 aromatic carbocycles. The minimum Gasteiger partial charge on any atom is -0.458 e. The van der Waals surface area contributed by atoms with Gasteiger partial charge in [-0.05, 0) is 51.2 Å². The van der Waals surface area contributed by atoms with Gasteiger partial charge in [0.15, 0.2) is 6.29 Å². The van der Waals surface area contributed by atoms with Crippen LogP contribution in [-0.2, 0) is 14.3 Å². The van der Waals surface area contributed by atoms with E-state index in [0.717, 1.165) is 29.6 Å². The van der Waals surface area contributed by atoms with Gasteiger partial charge in [0.2, 0.25) is 0 Å². The summed E-state index contributed by atoms with van der Waals surface area (Å²) in [7, 11) is 0. The Morgan fingerprint density at radius 3 is 2.78 bits per heavy atom. The summed E-state index contributed by atoms with van der Waals surface area (Å²) >= 11 is 0. The standard InChI is InChI=1S/C22H32O5/c1-14-8-9-19-17(7-6-10-22(4,5)25)13-26-21(24)20(19)15(2)12-18(11-14)27-16(3)23/h6-7,10-11,18-21,24-25H,2,8-9,12-13H2,1,3-5H3/b10-6+,14-11+,17-7-/t18-,19+,20-,21-/m0/s1. The minimum absolute atomic E-state index is 0.0899. The highest BCUT2D eigenvalue weighted by Gasteiger charge is 2.38. The highest BCUT2D eigenvalue weighted by Crippen LogP contribution is 2.41. The van der Waals surface area contributed by atoms with Gasteiger partial charge in [-0.15, -0.1) is 0 Å². The van der Waals surface area contributed by atoms with E-state index < -0.39 is 11.9 Å². The van der Waals surface area contributed by atoms with E-state index in [2.05, 4.69) is 6.58 Å². The van der Waals surface area contributed by atoms with E-state index in [-0.39, 0.29) is 23.9 Å². The molecule has 1 fully saturated rings. The number of hydrogen-bond acceptors (Lipinski definition) is 5. The molecule has 0 radical (unpaired) electrons. The largest absolute Gasteiger partial charge is 0.458 e. The molecular formula is C22H32O5. The number of aliphatic hydroxyl groups excluding tert-OH is 1. The zero-order valence-electron chi connectivity index (χ0n) is 16.8. The van der Waals surface area contributed by atoms with Crippen molar-refractivity contribution in [3.63, 3.8) is 0 Å². The molecule has 1 saturated heterocycles. The molecule has 2 N–H and O–H groups in total. The summed E-state index contributed by atoms with van der Waals surface area (Å²) < 4.78 is 11.0. The maximum atomic E-state index is 11.4. The molecule has 0 saturated carbocycles. The zero-order chi connectivity index (χ0) is 20.2. The number of carbonyl (C=O) groups excluding carboxylic acids is 1. The van der Waals surface area contributed by atoms with Crippen LogP contribution in [0.2, 0.25) is 0 Å². The van der Waals surface area contributed by atoms with Gasteiger partial charge in [0.1, 0.15) is 6.10 Å². The molecule has 150 valence electrons. The number of rotatable bonds is 3. The Morgan fingerprint density at radius 2 is 2.15 bits per heavy atom. The van der Waals surface area contributed by atoms with Crippen molar-refractivity contribution in [2.45, 2.75) is 65.0 Å². The lowest BCUT2D eigenvalue weighted by Crippen LogP contribution is -2.39. The van der Waals surface area contributed by atoms with Crippen LogP contribution in [0, 0.1) is 11.8 Å². The van der Waals surface area contributed by atoms with Gasteiger partial charge < -0.3 is 19.7 Å². The van der Waals surface area contributed by atoms with E-state index in [1.165, 1.54) is 6.92 Å². The number of hydrogen-bond donors (Lipinski definition) is 2. The summed E-state index contributed by atoms with van der Waals surface area (Å²) in [6.45, 7) is 11.4. The van der Waals surface area contributed by atoms with Gasteiger partial charge in [-0.3, -0.25) is 4.79 Å². The Hall–Kier alpha value is -1.69. The fraction of sp³-hybridized carbons (Fsp3) is 0.591. The SMILES string of the molecule is C=C1C[C@@H](OC(C)=O)/C=C(\C)CC[C@@H]2/C(=C\C=C\C(C)(C)O)CO[C@H](O)[C@@H]12. The Balaban J connectivity index is 2.30. The van der Waals surface area contributed by atoms with Crippen molar-refractivity contribution in [2.75, 3.05) is 6.61 Å². The second-order valence-electron chi connectivity index (χ2n) is 8.15. The molecular weight excluding hydrogens is 344 g/mol. The maximum absolute atomic E-state index is 11.4. The molecule has 1 aliphatic heterocycles. The molecule has 2 aliphatic rings. The third-order valence-corrected chi connectivity index (χ3v) is 5.02. The molecule has 5 heteroatoms. The van der Waals surface area contributed by atoms with Crippen LogP contribution in [0.4, 0.5) is 0 Å². The van der Waals surface area contributed by atoms with Crippen LogP contribution < -0.4 is 0 Å². The number of carbonyl (C=O) groups is 1. The summed E-state index contributed by atoms with van der Waals surface area (Å²) in [6.07, 6.45) is 8.38. The van der Waals surface area contributed by atoms with Gasteiger partial charge in [-0.2, -0.15) is 0 Å². The molecule has 27 heavy (non-hydrogen) atoms. The summed E-state index contributed by atoms with van der Waals surface area (Å²) in [5.74, 6) is -0.490. The Labute approximate surface area is 162 Å². The third-order valence-electron chi connectivity index (χ3n) is 5.02. The average molecular weight is 376 g/mol. The van der Waals surface area contributed by atoms with Crippen molar-refractivity contribution >= 4 is 5.97 Å². The van der Waals surface area contributed by atoms with Crippen molar-refractivity contribution in [1.82, 2.24) is 0 Å². The van der Waals surface area contributed by atoms with E-state index in [9.17, 15) is 15.0 Å². The second kappa shape index (κ2) is 9.00. The van der Waals surface area contributed by atoms with Gasteiger partial charge in [0.05, 0.1) is 12.2 Å². The molecule has 4 atom stereocenters. The van der Waals surface area contributed by atoms with Crippen molar-refractivity contribution < 1.29 is 24.5 Å². The van der Waals surface area contributed by atoms with E-state index in [1.54, 1.807) is 19.9 Å².